The topological polar surface area (TPSA) is 52.6 Å². The van der Waals surface area contributed by atoms with E-state index in [2.05, 4.69) is 25.5 Å². The zero-order valence-electron chi connectivity index (χ0n) is 12.0. The van der Waals surface area contributed by atoms with Gasteiger partial charge in [0.2, 0.25) is 0 Å². The first-order valence-corrected chi connectivity index (χ1v) is 7.46. The van der Waals surface area contributed by atoms with Gasteiger partial charge in [-0.25, -0.2) is 0 Å². The zero-order valence-corrected chi connectivity index (χ0v) is 12.0. The maximum absolute atomic E-state index is 4.31. The van der Waals surface area contributed by atoms with E-state index in [0.29, 0.717) is 12.6 Å². The van der Waals surface area contributed by atoms with Crippen LogP contribution in [-0.2, 0) is 6.54 Å². The number of rotatable bonds is 4. The summed E-state index contributed by atoms with van der Waals surface area (Å²) in [5.41, 5.74) is 1.03. The van der Waals surface area contributed by atoms with Crippen LogP contribution in [0, 0.1) is 0 Å². The Morgan fingerprint density at radius 1 is 1.40 bits per heavy atom. The van der Waals surface area contributed by atoms with E-state index in [1.807, 2.05) is 31.4 Å². The van der Waals surface area contributed by atoms with Gasteiger partial charge in [-0.15, -0.1) is 0 Å². The number of nitrogens with zero attached hydrogens (tertiary/aromatic N) is 3. The number of aliphatic imine (C=N–C) groups is 1. The van der Waals surface area contributed by atoms with Crippen molar-refractivity contribution >= 4 is 5.96 Å². The highest BCUT2D eigenvalue weighted by Crippen LogP contribution is 2.29. The molecule has 1 saturated heterocycles. The molecule has 1 aliphatic heterocycles. The minimum atomic E-state index is 0.519. The molecule has 2 N–H and O–H groups in total. The lowest BCUT2D eigenvalue weighted by atomic mass is 10.3. The molecular formula is C15H23N5. The summed E-state index contributed by atoms with van der Waals surface area (Å²) < 4.78 is 0. The summed E-state index contributed by atoms with van der Waals surface area (Å²) in [6, 6.07) is 7.34. The Bertz CT molecular complexity index is 455. The number of hydrogen-bond acceptors (Lipinski definition) is 3. The van der Waals surface area contributed by atoms with E-state index in [4.69, 9.17) is 0 Å². The molecule has 5 heteroatoms. The van der Waals surface area contributed by atoms with Crippen molar-refractivity contribution in [2.24, 2.45) is 4.99 Å². The van der Waals surface area contributed by atoms with E-state index in [1.165, 1.54) is 25.8 Å². The van der Waals surface area contributed by atoms with Crippen molar-refractivity contribution in [1.82, 2.24) is 20.5 Å². The average Bonchev–Trinajstić information content (AvgIpc) is 3.24. The molecule has 3 rings (SSSR count). The van der Waals surface area contributed by atoms with Crippen LogP contribution in [0.5, 0.6) is 0 Å². The Kier molecular flexibility index (Phi) is 4.16. The van der Waals surface area contributed by atoms with Gasteiger partial charge in [-0.05, 0) is 31.4 Å². The Balaban J connectivity index is 1.45. The number of aromatic nitrogens is 1. The fraction of sp³-hybridized carbons (Fsp3) is 0.600. The molecule has 0 spiro atoms. The normalized spacial score (nSPS) is 23.9. The number of pyridine rings is 1. The Labute approximate surface area is 120 Å². The lowest BCUT2D eigenvalue weighted by Gasteiger charge is -2.18. The molecule has 1 saturated carbocycles. The molecule has 0 aromatic carbocycles. The van der Waals surface area contributed by atoms with E-state index < -0.39 is 0 Å². The third kappa shape index (κ3) is 3.48. The Hall–Kier alpha value is -1.62. The van der Waals surface area contributed by atoms with Crippen molar-refractivity contribution in [2.45, 2.75) is 37.9 Å². The quantitative estimate of drug-likeness (QED) is 0.634. The molecule has 0 radical (unpaired) electrons. The summed E-state index contributed by atoms with van der Waals surface area (Å²) in [7, 11) is 1.82. The summed E-state index contributed by atoms with van der Waals surface area (Å²) in [5, 5.41) is 6.85. The monoisotopic (exact) mass is 273 g/mol. The molecule has 2 heterocycles. The molecule has 1 atom stereocenters. The van der Waals surface area contributed by atoms with E-state index in [9.17, 15) is 0 Å². The van der Waals surface area contributed by atoms with Crippen molar-refractivity contribution in [1.29, 1.82) is 0 Å². The minimum Gasteiger partial charge on any atom is -0.352 e. The van der Waals surface area contributed by atoms with Crippen LogP contribution in [0.25, 0.3) is 0 Å². The van der Waals surface area contributed by atoms with Crippen LogP contribution < -0.4 is 10.6 Å². The fourth-order valence-electron chi connectivity index (χ4n) is 2.74. The van der Waals surface area contributed by atoms with Gasteiger partial charge in [0.15, 0.2) is 5.96 Å². The van der Waals surface area contributed by atoms with Gasteiger partial charge in [0, 0.05) is 38.4 Å². The molecule has 5 nitrogen and oxygen atoms in total. The van der Waals surface area contributed by atoms with Crippen LogP contribution in [0.3, 0.4) is 0 Å². The second kappa shape index (κ2) is 6.22. The van der Waals surface area contributed by atoms with Crippen LogP contribution in [0.1, 0.15) is 25.0 Å². The van der Waals surface area contributed by atoms with Crippen molar-refractivity contribution in [3.8, 4) is 0 Å². The summed E-state index contributed by atoms with van der Waals surface area (Å²) in [4.78, 5) is 11.2. The highest BCUT2D eigenvalue weighted by molar-refractivity contribution is 5.79. The molecule has 1 unspecified atom stereocenters. The van der Waals surface area contributed by atoms with Gasteiger partial charge >= 0.3 is 0 Å². The molecule has 1 aromatic heterocycles. The summed E-state index contributed by atoms with van der Waals surface area (Å²) in [5.74, 6) is 0.873. The highest BCUT2D eigenvalue weighted by atomic mass is 15.3. The predicted molar refractivity (Wildman–Crippen MR) is 80.6 cm³/mol. The Morgan fingerprint density at radius 2 is 2.30 bits per heavy atom. The average molecular weight is 273 g/mol. The van der Waals surface area contributed by atoms with Gasteiger partial charge in [-0.3, -0.25) is 14.9 Å². The molecule has 0 amide bonds. The van der Waals surface area contributed by atoms with Crippen molar-refractivity contribution in [3.63, 3.8) is 0 Å². The SMILES string of the molecule is CN=C(NCc1ccccn1)NC1CCN(C2CC2)C1. The number of guanidine groups is 1. The van der Waals surface area contributed by atoms with Crippen molar-refractivity contribution in [3.05, 3.63) is 30.1 Å². The predicted octanol–water partition coefficient (Wildman–Crippen LogP) is 0.983. The number of hydrogen-bond donors (Lipinski definition) is 2. The maximum Gasteiger partial charge on any atom is 0.191 e. The highest BCUT2D eigenvalue weighted by Gasteiger charge is 2.34. The van der Waals surface area contributed by atoms with Gasteiger partial charge in [-0.1, -0.05) is 6.07 Å². The van der Waals surface area contributed by atoms with Crippen LogP contribution in [0.2, 0.25) is 0 Å². The summed E-state index contributed by atoms with van der Waals surface area (Å²) in [6.07, 6.45) is 5.80. The summed E-state index contributed by atoms with van der Waals surface area (Å²) >= 11 is 0. The van der Waals surface area contributed by atoms with Gasteiger partial charge in [-0.2, -0.15) is 0 Å². The second-order valence-corrected chi connectivity index (χ2v) is 5.60. The van der Waals surface area contributed by atoms with Crippen molar-refractivity contribution < 1.29 is 0 Å². The molecule has 1 aromatic rings. The van der Waals surface area contributed by atoms with Gasteiger partial charge in [0.1, 0.15) is 0 Å². The minimum absolute atomic E-state index is 0.519. The van der Waals surface area contributed by atoms with Crippen LogP contribution in [-0.4, -0.2) is 48.1 Å². The van der Waals surface area contributed by atoms with E-state index in [0.717, 1.165) is 24.2 Å². The van der Waals surface area contributed by atoms with Gasteiger partial charge in [0.25, 0.3) is 0 Å². The molecule has 1 aliphatic carbocycles. The first-order valence-electron chi connectivity index (χ1n) is 7.46. The van der Waals surface area contributed by atoms with E-state index in [1.54, 1.807) is 0 Å². The second-order valence-electron chi connectivity index (χ2n) is 5.60. The molecule has 2 aliphatic rings. The zero-order chi connectivity index (χ0) is 13.8. The molecule has 20 heavy (non-hydrogen) atoms. The number of likely N-dealkylation sites (tertiary alicyclic amines) is 1. The lowest BCUT2D eigenvalue weighted by molar-refractivity contribution is 0.321. The lowest BCUT2D eigenvalue weighted by Crippen LogP contribution is -2.44. The first kappa shape index (κ1) is 13.4. The largest absolute Gasteiger partial charge is 0.352 e. The number of nitrogens with one attached hydrogen (secondary N) is 2. The third-order valence-corrected chi connectivity index (χ3v) is 4.01. The first-order chi connectivity index (χ1) is 9.85. The third-order valence-electron chi connectivity index (χ3n) is 4.01. The Morgan fingerprint density at radius 3 is 3.00 bits per heavy atom. The van der Waals surface area contributed by atoms with Crippen LogP contribution >= 0.6 is 0 Å². The maximum atomic E-state index is 4.31. The van der Waals surface area contributed by atoms with Gasteiger partial charge < -0.3 is 10.6 Å². The molecular weight excluding hydrogens is 250 g/mol. The standard InChI is InChI=1S/C15H23N5/c1-16-15(18-10-12-4-2-3-8-17-12)19-13-7-9-20(11-13)14-5-6-14/h2-4,8,13-14H,5-7,9-11H2,1H3,(H2,16,18,19). The van der Waals surface area contributed by atoms with Crippen LogP contribution in [0.15, 0.2) is 29.4 Å². The van der Waals surface area contributed by atoms with Gasteiger partial charge in [0.05, 0.1) is 12.2 Å². The van der Waals surface area contributed by atoms with E-state index in [-0.39, 0.29) is 0 Å². The summed E-state index contributed by atoms with van der Waals surface area (Å²) in [6.45, 7) is 3.08. The molecule has 2 fully saturated rings. The van der Waals surface area contributed by atoms with Crippen molar-refractivity contribution in [2.75, 3.05) is 20.1 Å². The van der Waals surface area contributed by atoms with Crippen LogP contribution in [0.4, 0.5) is 0 Å². The smallest absolute Gasteiger partial charge is 0.191 e. The molecule has 0 bridgehead atoms. The van der Waals surface area contributed by atoms with E-state index >= 15 is 0 Å². The fourth-order valence-corrected chi connectivity index (χ4v) is 2.74. The molecule has 108 valence electrons.